The van der Waals surface area contributed by atoms with Gasteiger partial charge in [0, 0.05) is 16.6 Å². The largest absolute Gasteiger partial charge is 0.497 e. The number of Topliss-reactive ketones (excluding diaryl/α,β-unsaturated/α-hetero) is 1. The molecule has 1 heterocycles. The lowest BCUT2D eigenvalue weighted by Crippen LogP contribution is -2.24. The molecule has 0 saturated heterocycles. The quantitative estimate of drug-likeness (QED) is 0.515. The van der Waals surface area contributed by atoms with Crippen LogP contribution in [-0.4, -0.2) is 30.0 Å². The van der Waals surface area contributed by atoms with Crippen LogP contribution < -0.4 is 4.74 Å². The average Bonchev–Trinajstić information content (AvgIpc) is 2.66. The molecule has 0 fully saturated rings. The molecule has 5 nitrogen and oxygen atoms in total. The van der Waals surface area contributed by atoms with E-state index < -0.39 is 12.1 Å². The normalized spacial score (nSPS) is 11.8. The molecule has 0 aliphatic rings. The fourth-order valence-electron chi connectivity index (χ4n) is 2.74. The van der Waals surface area contributed by atoms with E-state index in [1.54, 1.807) is 44.4 Å². The molecule has 0 amide bonds. The highest BCUT2D eigenvalue weighted by atomic mass is 16.5. The number of esters is 1. The van der Waals surface area contributed by atoms with Gasteiger partial charge in [0.15, 0.2) is 6.10 Å². The molecule has 26 heavy (non-hydrogen) atoms. The maximum absolute atomic E-state index is 12.6. The van der Waals surface area contributed by atoms with Crippen molar-refractivity contribution in [3.05, 3.63) is 71.4 Å². The minimum Gasteiger partial charge on any atom is -0.497 e. The van der Waals surface area contributed by atoms with Crippen LogP contribution in [-0.2, 0) is 4.74 Å². The molecule has 132 valence electrons. The third-order valence-electron chi connectivity index (χ3n) is 4.09. The van der Waals surface area contributed by atoms with Crippen molar-refractivity contribution in [2.75, 3.05) is 7.11 Å². The van der Waals surface area contributed by atoms with Gasteiger partial charge in [0.25, 0.3) is 0 Å². The van der Waals surface area contributed by atoms with Gasteiger partial charge in [0.1, 0.15) is 5.75 Å². The molecule has 0 saturated carbocycles. The second-order valence-electron chi connectivity index (χ2n) is 5.97. The van der Waals surface area contributed by atoms with Crippen molar-refractivity contribution >= 4 is 22.7 Å². The summed E-state index contributed by atoms with van der Waals surface area (Å²) in [4.78, 5) is 29.6. The van der Waals surface area contributed by atoms with Crippen molar-refractivity contribution in [2.24, 2.45) is 0 Å². The van der Waals surface area contributed by atoms with Crippen LogP contribution in [0.1, 0.15) is 33.3 Å². The van der Waals surface area contributed by atoms with Gasteiger partial charge in [0.05, 0.1) is 18.2 Å². The van der Waals surface area contributed by atoms with Gasteiger partial charge < -0.3 is 9.47 Å². The molecule has 0 radical (unpaired) electrons. The summed E-state index contributed by atoms with van der Waals surface area (Å²) in [5.41, 5.74) is 2.29. The first-order chi connectivity index (χ1) is 12.5. The van der Waals surface area contributed by atoms with E-state index in [0.29, 0.717) is 33.5 Å². The van der Waals surface area contributed by atoms with Gasteiger partial charge in [-0.15, -0.1) is 0 Å². The summed E-state index contributed by atoms with van der Waals surface area (Å²) < 4.78 is 10.5. The Morgan fingerprint density at radius 2 is 1.73 bits per heavy atom. The smallest absolute Gasteiger partial charge is 0.339 e. The first-order valence-electron chi connectivity index (χ1n) is 8.25. The Balaban J connectivity index is 1.82. The monoisotopic (exact) mass is 349 g/mol. The van der Waals surface area contributed by atoms with E-state index in [0.717, 1.165) is 0 Å². The summed E-state index contributed by atoms with van der Waals surface area (Å²) in [5, 5.41) is 0.701. The summed E-state index contributed by atoms with van der Waals surface area (Å²) in [6.07, 6.45) is -0.900. The van der Waals surface area contributed by atoms with Gasteiger partial charge in [-0.1, -0.05) is 18.2 Å². The van der Waals surface area contributed by atoms with Gasteiger partial charge in [-0.3, -0.25) is 9.78 Å². The minimum atomic E-state index is -0.900. The van der Waals surface area contributed by atoms with Crippen LogP contribution in [0.3, 0.4) is 0 Å². The summed E-state index contributed by atoms with van der Waals surface area (Å²) >= 11 is 0. The lowest BCUT2D eigenvalue weighted by atomic mass is 10.1. The number of carbonyl (C=O) groups excluding carboxylic acids is 2. The van der Waals surface area contributed by atoms with Crippen LogP contribution in [0.15, 0.2) is 54.6 Å². The molecule has 0 aliphatic heterocycles. The fraction of sp³-hybridized carbons (Fsp3) is 0.190. The maximum Gasteiger partial charge on any atom is 0.339 e. The van der Waals surface area contributed by atoms with Crippen molar-refractivity contribution < 1.29 is 19.1 Å². The zero-order chi connectivity index (χ0) is 18.7. The van der Waals surface area contributed by atoms with Crippen LogP contribution in [0.5, 0.6) is 5.75 Å². The first-order valence-corrected chi connectivity index (χ1v) is 8.25. The Morgan fingerprint density at radius 1 is 1.04 bits per heavy atom. The summed E-state index contributed by atoms with van der Waals surface area (Å²) in [5.74, 6) is -0.151. The van der Waals surface area contributed by atoms with Crippen molar-refractivity contribution in [1.82, 2.24) is 4.98 Å². The molecule has 0 bridgehead atoms. The molecule has 3 aromatic rings. The number of pyridine rings is 1. The van der Waals surface area contributed by atoms with E-state index >= 15 is 0 Å². The maximum atomic E-state index is 12.6. The highest BCUT2D eigenvalue weighted by Crippen LogP contribution is 2.20. The molecule has 5 heteroatoms. The molecule has 2 aromatic carbocycles. The molecule has 1 atom stereocenters. The Kier molecular flexibility index (Phi) is 4.98. The topological polar surface area (TPSA) is 65.5 Å². The Labute approximate surface area is 151 Å². The second-order valence-corrected chi connectivity index (χ2v) is 5.97. The number of benzene rings is 2. The van der Waals surface area contributed by atoms with E-state index in [1.807, 2.05) is 31.2 Å². The Bertz CT molecular complexity index is 963. The number of ether oxygens (including phenoxy) is 2. The first kappa shape index (κ1) is 17.6. The third-order valence-corrected chi connectivity index (χ3v) is 4.09. The summed E-state index contributed by atoms with van der Waals surface area (Å²) in [6, 6.07) is 15.7. The lowest BCUT2D eigenvalue weighted by Gasteiger charge is -2.14. The number of hydrogen-bond donors (Lipinski definition) is 0. The van der Waals surface area contributed by atoms with Crippen LogP contribution in [0.4, 0.5) is 0 Å². The molecule has 0 spiro atoms. The molecule has 1 aromatic heterocycles. The number of rotatable bonds is 5. The van der Waals surface area contributed by atoms with Gasteiger partial charge in [-0.2, -0.15) is 0 Å². The average molecular weight is 349 g/mol. The van der Waals surface area contributed by atoms with E-state index in [2.05, 4.69) is 4.98 Å². The molecular weight excluding hydrogens is 330 g/mol. The number of nitrogens with zero attached hydrogens (tertiary/aromatic N) is 1. The molecule has 0 aliphatic carbocycles. The highest BCUT2D eigenvalue weighted by molar-refractivity contribution is 6.06. The van der Waals surface area contributed by atoms with Gasteiger partial charge >= 0.3 is 5.97 Å². The van der Waals surface area contributed by atoms with Crippen LogP contribution in [0, 0.1) is 6.92 Å². The van der Waals surface area contributed by atoms with E-state index in [-0.39, 0.29) is 5.78 Å². The van der Waals surface area contributed by atoms with E-state index in [1.165, 1.54) is 0 Å². The standard InChI is InChI=1S/C21H19NO4/c1-13-12-18(17-6-4-5-7-19(17)22-13)21(24)26-14(2)20(23)15-8-10-16(25-3)11-9-15/h4-12,14H,1-3H3/t14-/m1/s1. The minimum absolute atomic E-state index is 0.268. The Hall–Kier alpha value is -3.21. The number of methoxy groups -OCH3 is 1. The van der Waals surface area contributed by atoms with Crippen molar-refractivity contribution in [3.63, 3.8) is 0 Å². The lowest BCUT2D eigenvalue weighted by molar-refractivity contribution is 0.0320. The molecule has 0 unspecified atom stereocenters. The third kappa shape index (κ3) is 3.57. The number of ketones is 1. The number of hydrogen-bond acceptors (Lipinski definition) is 5. The van der Waals surface area contributed by atoms with Gasteiger partial charge in [0.2, 0.25) is 5.78 Å². The van der Waals surface area contributed by atoms with Gasteiger partial charge in [-0.25, -0.2) is 4.79 Å². The number of aryl methyl sites for hydroxylation is 1. The molecular formula is C21H19NO4. The SMILES string of the molecule is COc1ccc(C(=O)[C@@H](C)OC(=O)c2cc(C)nc3ccccc23)cc1. The van der Waals surface area contributed by atoms with E-state index in [9.17, 15) is 9.59 Å². The van der Waals surface area contributed by atoms with Crippen LogP contribution in [0.25, 0.3) is 10.9 Å². The second kappa shape index (κ2) is 7.35. The van der Waals surface area contributed by atoms with Crippen LogP contribution >= 0.6 is 0 Å². The van der Waals surface area contributed by atoms with Crippen molar-refractivity contribution in [3.8, 4) is 5.75 Å². The Morgan fingerprint density at radius 3 is 2.42 bits per heavy atom. The summed E-state index contributed by atoms with van der Waals surface area (Å²) in [7, 11) is 1.56. The number of aromatic nitrogens is 1. The van der Waals surface area contributed by atoms with Crippen molar-refractivity contribution in [1.29, 1.82) is 0 Å². The molecule has 3 rings (SSSR count). The van der Waals surface area contributed by atoms with Crippen molar-refractivity contribution in [2.45, 2.75) is 20.0 Å². The number of carbonyl (C=O) groups is 2. The summed E-state index contributed by atoms with van der Waals surface area (Å²) in [6.45, 7) is 3.38. The zero-order valence-corrected chi connectivity index (χ0v) is 14.9. The number of fused-ring (bicyclic) bond motifs is 1. The molecule has 0 N–H and O–H groups in total. The predicted molar refractivity (Wildman–Crippen MR) is 98.7 cm³/mol. The van der Waals surface area contributed by atoms with E-state index in [4.69, 9.17) is 9.47 Å². The zero-order valence-electron chi connectivity index (χ0n) is 14.9. The predicted octanol–water partition coefficient (Wildman–Crippen LogP) is 3.98. The van der Waals surface area contributed by atoms with Gasteiger partial charge in [-0.05, 0) is 50.2 Å². The number of para-hydroxylation sites is 1. The van der Waals surface area contributed by atoms with Crippen LogP contribution in [0.2, 0.25) is 0 Å². The highest BCUT2D eigenvalue weighted by Gasteiger charge is 2.22. The fourth-order valence-corrected chi connectivity index (χ4v) is 2.74.